The molecule has 5 atom stereocenters. The Morgan fingerprint density at radius 2 is 1.30 bits per heavy atom. The van der Waals surface area contributed by atoms with Crippen molar-refractivity contribution in [3.8, 4) is 11.5 Å². The average Bonchev–Trinajstić information content (AvgIpc) is 3.21. The summed E-state index contributed by atoms with van der Waals surface area (Å²) in [4.78, 5) is 45.7. The van der Waals surface area contributed by atoms with Gasteiger partial charge in [0.25, 0.3) is 5.91 Å². The summed E-state index contributed by atoms with van der Waals surface area (Å²) in [6.07, 6.45) is 7.48. The second-order valence-corrected chi connectivity index (χ2v) is 16.1. The van der Waals surface area contributed by atoms with Crippen molar-refractivity contribution >= 4 is 56.0 Å². The number of rotatable bonds is 0. The molecule has 7 rings (SSSR count). The molecule has 2 saturated carbocycles. The Hall–Kier alpha value is -2.92. The number of hydrogen-bond acceptors (Lipinski definition) is 6. The highest BCUT2D eigenvalue weighted by Gasteiger charge is 2.59. The lowest BCUT2D eigenvalue weighted by Gasteiger charge is -2.50. The van der Waals surface area contributed by atoms with Gasteiger partial charge in [0, 0.05) is 20.9 Å². The van der Waals surface area contributed by atoms with Crippen LogP contribution < -0.4 is 25.8 Å². The molecule has 3 fully saturated rings. The number of ether oxygens (including phenoxy) is 2. The highest BCUT2D eigenvalue weighted by molar-refractivity contribution is 9.10. The molecule has 11 heteroatoms. The summed E-state index contributed by atoms with van der Waals surface area (Å²) in [5.41, 5.74) is 3.93. The van der Waals surface area contributed by atoms with E-state index in [1.807, 2.05) is 36.4 Å². The fourth-order valence-corrected chi connectivity index (χ4v) is 9.64. The van der Waals surface area contributed by atoms with Crippen LogP contribution in [0.4, 0.5) is 4.79 Å². The van der Waals surface area contributed by atoms with Gasteiger partial charge in [0.2, 0.25) is 6.41 Å². The molecular weight excluding hydrogens is 718 g/mol. The molecule has 0 radical (unpaired) electrons. The zero-order valence-electron chi connectivity index (χ0n) is 26.8. The van der Waals surface area contributed by atoms with E-state index in [1.165, 1.54) is 12.8 Å². The van der Waals surface area contributed by atoms with Crippen molar-refractivity contribution < 1.29 is 28.7 Å². The van der Waals surface area contributed by atoms with Crippen molar-refractivity contribution in [1.82, 2.24) is 10.6 Å². The van der Waals surface area contributed by atoms with Crippen LogP contribution in [0.25, 0.3) is 0 Å². The number of hydrogen-bond donors (Lipinski definition) is 3. The molecule has 0 bridgehead atoms. The molecule has 4 N–H and O–H groups in total. The molecule has 0 aromatic heterocycles. The van der Waals surface area contributed by atoms with Crippen molar-refractivity contribution in [3.05, 3.63) is 56.5 Å². The lowest BCUT2D eigenvalue weighted by atomic mass is 9.66. The monoisotopic (exact) mass is 759 g/mol. The zero-order valence-corrected chi connectivity index (χ0v) is 30.0. The number of amides is 4. The number of nitrogens with one attached hydrogen (secondary N) is 2. The standard InChI is InChI=1S/C18H21BrN2O3.C16H19BrO2.CH3NO/c1-10-5-11(2)8-17(7-10)9-18(15(22)20-16(23)21-18)13-6-12(19)3-4-14(13)24-17;1-10-5-11(2)8-16(7-10)9-14(18)13-6-12(17)3-4-15(13)19-16;2-1-3/h3-4,6,10-11H,5,7-9H2,1-2H3,(H2,20,21,22,23);3-4,6,10-11H,5,7-9H2,1-2H3;1H,(H2,2,3). The normalized spacial score (nSPS) is 34.0. The Morgan fingerprint density at radius 1 is 0.804 bits per heavy atom. The second kappa shape index (κ2) is 13.3. The lowest BCUT2D eigenvalue weighted by Crippen LogP contribution is -2.57. The first-order valence-corrected chi connectivity index (χ1v) is 17.6. The molecule has 3 aliphatic heterocycles. The fraction of sp³-hybridized carbons (Fsp3) is 0.543. The second-order valence-electron chi connectivity index (χ2n) is 14.3. The van der Waals surface area contributed by atoms with E-state index in [1.54, 1.807) is 0 Å². The molecule has 2 aromatic carbocycles. The Balaban J connectivity index is 0.000000171. The van der Waals surface area contributed by atoms with E-state index in [0.29, 0.717) is 42.3 Å². The van der Waals surface area contributed by atoms with Gasteiger partial charge in [-0.1, -0.05) is 59.6 Å². The number of Topliss-reactive ketones (excluding diaryl/α,β-unsaturated/α-hetero) is 1. The SMILES string of the molecule is CC1CC(C)CC2(C1)CC1(NC(=O)NC1=O)c1cc(Br)ccc1O2.CC1CC(C)CC2(CC(=O)c3cc(Br)ccc3O2)C1.NC=O. The first kappa shape index (κ1) is 34.4. The summed E-state index contributed by atoms with van der Waals surface area (Å²) in [6.45, 7) is 9.00. The average molecular weight is 762 g/mol. The smallest absolute Gasteiger partial charge is 0.322 e. The third kappa shape index (κ3) is 7.00. The predicted octanol–water partition coefficient (Wildman–Crippen LogP) is 7.17. The lowest BCUT2D eigenvalue weighted by molar-refractivity contribution is -0.130. The third-order valence-electron chi connectivity index (χ3n) is 9.80. The number of primary amides is 1. The maximum atomic E-state index is 12.8. The summed E-state index contributed by atoms with van der Waals surface area (Å²) in [7, 11) is 0. The maximum Gasteiger partial charge on any atom is 0.322 e. The fourth-order valence-electron chi connectivity index (χ4n) is 8.91. The van der Waals surface area contributed by atoms with Crippen LogP contribution >= 0.6 is 31.9 Å². The van der Waals surface area contributed by atoms with Gasteiger partial charge in [-0.25, -0.2) is 4.79 Å². The quantitative estimate of drug-likeness (QED) is 0.192. The molecule has 1 saturated heterocycles. The molecule has 2 aromatic rings. The summed E-state index contributed by atoms with van der Waals surface area (Å²) in [6, 6.07) is 11.0. The molecule has 3 heterocycles. The van der Waals surface area contributed by atoms with Crippen LogP contribution in [0.3, 0.4) is 0 Å². The van der Waals surface area contributed by atoms with Crippen LogP contribution in [0.5, 0.6) is 11.5 Å². The van der Waals surface area contributed by atoms with Crippen LogP contribution in [-0.2, 0) is 15.1 Å². The van der Waals surface area contributed by atoms with Crippen molar-refractivity contribution in [2.45, 2.75) is 95.8 Å². The van der Waals surface area contributed by atoms with Crippen LogP contribution in [-0.4, -0.2) is 35.3 Å². The van der Waals surface area contributed by atoms with Gasteiger partial charge in [0.05, 0.1) is 12.0 Å². The molecular formula is C35H43Br2N3O6. The number of imide groups is 1. The van der Waals surface area contributed by atoms with Gasteiger partial charge in [-0.15, -0.1) is 0 Å². The summed E-state index contributed by atoms with van der Waals surface area (Å²) in [5.74, 6) is 3.74. The van der Waals surface area contributed by atoms with Crippen LogP contribution in [0.2, 0.25) is 0 Å². The molecule has 46 heavy (non-hydrogen) atoms. The molecule has 4 amide bonds. The number of urea groups is 1. The van der Waals surface area contributed by atoms with Gasteiger partial charge < -0.3 is 20.5 Å². The van der Waals surface area contributed by atoms with E-state index in [0.717, 1.165) is 51.5 Å². The van der Waals surface area contributed by atoms with E-state index in [4.69, 9.17) is 14.3 Å². The van der Waals surface area contributed by atoms with E-state index < -0.39 is 17.2 Å². The Labute approximate surface area is 287 Å². The highest BCUT2D eigenvalue weighted by atomic mass is 79.9. The van der Waals surface area contributed by atoms with E-state index in [-0.39, 0.29) is 23.7 Å². The van der Waals surface area contributed by atoms with Gasteiger partial charge in [-0.2, -0.15) is 0 Å². The minimum Gasteiger partial charge on any atom is -0.487 e. The molecule has 5 aliphatic rings. The van der Waals surface area contributed by atoms with Gasteiger partial charge in [0.15, 0.2) is 11.3 Å². The summed E-state index contributed by atoms with van der Waals surface area (Å²) in [5, 5.41) is 5.33. The Morgan fingerprint density at radius 3 is 1.85 bits per heavy atom. The number of carbonyl (C=O) groups excluding carboxylic acids is 4. The van der Waals surface area contributed by atoms with E-state index >= 15 is 0 Å². The van der Waals surface area contributed by atoms with Crippen molar-refractivity contribution in [1.29, 1.82) is 0 Å². The minimum absolute atomic E-state index is 0.226. The third-order valence-corrected chi connectivity index (χ3v) is 10.8. The summed E-state index contributed by atoms with van der Waals surface area (Å²) < 4.78 is 14.6. The first-order chi connectivity index (χ1) is 21.7. The molecule has 9 nitrogen and oxygen atoms in total. The number of fused-ring (bicyclic) bond motifs is 3. The Kier molecular flexibility index (Phi) is 9.95. The Bertz CT molecular complexity index is 1510. The number of nitrogens with two attached hydrogens (primary N) is 1. The predicted molar refractivity (Wildman–Crippen MR) is 182 cm³/mol. The first-order valence-electron chi connectivity index (χ1n) is 16.0. The molecule has 2 aliphatic carbocycles. The molecule has 248 valence electrons. The number of carbonyl (C=O) groups is 4. The maximum absolute atomic E-state index is 12.8. The highest BCUT2D eigenvalue weighted by Crippen LogP contribution is 2.52. The van der Waals surface area contributed by atoms with Gasteiger partial charge >= 0.3 is 6.03 Å². The van der Waals surface area contributed by atoms with Crippen LogP contribution in [0.15, 0.2) is 45.3 Å². The van der Waals surface area contributed by atoms with Crippen molar-refractivity contribution in [3.63, 3.8) is 0 Å². The molecule has 3 spiro atoms. The molecule has 5 unspecified atom stereocenters. The number of halogens is 2. The van der Waals surface area contributed by atoms with E-state index in [9.17, 15) is 14.4 Å². The summed E-state index contributed by atoms with van der Waals surface area (Å²) >= 11 is 6.88. The number of ketones is 1. The topological polar surface area (TPSA) is 137 Å². The van der Waals surface area contributed by atoms with Crippen LogP contribution in [0, 0.1) is 23.7 Å². The van der Waals surface area contributed by atoms with Gasteiger partial charge in [0.1, 0.15) is 22.7 Å². The van der Waals surface area contributed by atoms with E-state index in [2.05, 4.69) is 75.9 Å². The zero-order chi connectivity index (χ0) is 33.4. The van der Waals surface area contributed by atoms with Crippen LogP contribution in [0.1, 0.15) is 95.0 Å². The van der Waals surface area contributed by atoms with Gasteiger partial charge in [-0.05, 0) is 98.6 Å². The largest absolute Gasteiger partial charge is 0.487 e. The number of benzene rings is 2. The van der Waals surface area contributed by atoms with Crippen molar-refractivity contribution in [2.24, 2.45) is 29.4 Å². The van der Waals surface area contributed by atoms with Gasteiger partial charge in [-0.3, -0.25) is 19.7 Å². The van der Waals surface area contributed by atoms with Crippen molar-refractivity contribution in [2.75, 3.05) is 0 Å². The minimum atomic E-state index is -1.04.